The highest BCUT2D eigenvalue weighted by Crippen LogP contribution is 2.37. The standard InChI is InChI=1S/C22H19ClFN3O3/c1-2-29-20-12-15(13-26-27-22(28)16-7-9-25-10-8-16)11-18(23)21(20)30-14-17-5-3-4-6-19(17)24/h3-13H,2,14H2,1H3,(H,27,28). The number of hydrogen-bond donors (Lipinski definition) is 1. The highest BCUT2D eigenvalue weighted by atomic mass is 35.5. The molecule has 0 spiro atoms. The number of rotatable bonds is 8. The van der Waals surface area contributed by atoms with Gasteiger partial charge in [0.15, 0.2) is 11.5 Å². The van der Waals surface area contributed by atoms with Crippen molar-refractivity contribution in [3.05, 3.63) is 88.5 Å². The van der Waals surface area contributed by atoms with Crippen molar-refractivity contribution < 1.29 is 18.7 Å². The van der Waals surface area contributed by atoms with Crippen molar-refractivity contribution in [2.24, 2.45) is 5.10 Å². The Morgan fingerprint density at radius 3 is 2.70 bits per heavy atom. The molecule has 0 aliphatic rings. The minimum absolute atomic E-state index is 0.00188. The zero-order valence-electron chi connectivity index (χ0n) is 16.1. The van der Waals surface area contributed by atoms with Gasteiger partial charge in [-0.25, -0.2) is 9.82 Å². The van der Waals surface area contributed by atoms with E-state index < -0.39 is 0 Å². The van der Waals surface area contributed by atoms with Crippen LogP contribution in [0.1, 0.15) is 28.4 Å². The van der Waals surface area contributed by atoms with Crippen LogP contribution >= 0.6 is 11.6 Å². The van der Waals surface area contributed by atoms with E-state index in [1.165, 1.54) is 24.7 Å². The van der Waals surface area contributed by atoms with Crippen LogP contribution in [0.3, 0.4) is 0 Å². The van der Waals surface area contributed by atoms with Gasteiger partial charge in [0.25, 0.3) is 5.91 Å². The third kappa shape index (κ3) is 5.55. The van der Waals surface area contributed by atoms with E-state index in [0.29, 0.717) is 34.8 Å². The fourth-order valence-corrected chi connectivity index (χ4v) is 2.84. The van der Waals surface area contributed by atoms with Gasteiger partial charge in [-0.2, -0.15) is 5.10 Å². The normalized spacial score (nSPS) is 10.8. The van der Waals surface area contributed by atoms with Gasteiger partial charge < -0.3 is 9.47 Å². The van der Waals surface area contributed by atoms with E-state index in [9.17, 15) is 9.18 Å². The lowest BCUT2D eigenvalue weighted by Gasteiger charge is -2.14. The highest BCUT2D eigenvalue weighted by molar-refractivity contribution is 6.32. The number of carbonyl (C=O) groups excluding carboxylic acids is 1. The molecule has 0 bridgehead atoms. The summed E-state index contributed by atoms with van der Waals surface area (Å²) in [5, 5.41) is 4.22. The highest BCUT2D eigenvalue weighted by Gasteiger charge is 2.13. The second-order valence-electron chi connectivity index (χ2n) is 6.08. The Hall–Kier alpha value is -3.45. The van der Waals surface area contributed by atoms with Gasteiger partial charge >= 0.3 is 0 Å². The van der Waals surface area contributed by atoms with Crippen LogP contribution in [0.5, 0.6) is 11.5 Å². The monoisotopic (exact) mass is 427 g/mol. The summed E-state index contributed by atoms with van der Waals surface area (Å²) >= 11 is 6.36. The molecule has 154 valence electrons. The average molecular weight is 428 g/mol. The molecule has 3 rings (SSSR count). The molecule has 2 aromatic carbocycles. The number of ether oxygens (including phenoxy) is 2. The Balaban J connectivity index is 1.73. The van der Waals surface area contributed by atoms with Gasteiger partial charge in [0.2, 0.25) is 0 Å². The quantitative estimate of drug-likeness (QED) is 0.420. The molecule has 0 saturated heterocycles. The summed E-state index contributed by atoms with van der Waals surface area (Å²) in [6.45, 7) is 2.21. The van der Waals surface area contributed by atoms with Crippen LogP contribution in [0.15, 0.2) is 66.0 Å². The summed E-state index contributed by atoms with van der Waals surface area (Å²) in [4.78, 5) is 15.9. The first-order chi connectivity index (χ1) is 14.6. The minimum Gasteiger partial charge on any atom is -0.490 e. The van der Waals surface area contributed by atoms with Gasteiger partial charge in [0, 0.05) is 23.5 Å². The molecule has 3 aromatic rings. The Morgan fingerprint density at radius 1 is 1.20 bits per heavy atom. The predicted octanol–water partition coefficient (Wildman–Crippen LogP) is 4.62. The molecule has 0 atom stereocenters. The van der Waals surface area contributed by atoms with E-state index in [1.54, 1.807) is 42.5 Å². The average Bonchev–Trinajstić information content (AvgIpc) is 2.75. The Labute approximate surface area is 178 Å². The number of halogens is 2. The molecular weight excluding hydrogens is 409 g/mol. The van der Waals surface area contributed by atoms with Crippen molar-refractivity contribution in [3.63, 3.8) is 0 Å². The SMILES string of the molecule is CCOc1cc(C=NNC(=O)c2ccncc2)cc(Cl)c1OCc1ccccc1F. The van der Waals surface area contributed by atoms with Crippen LogP contribution in [0.25, 0.3) is 0 Å². The van der Waals surface area contributed by atoms with Crippen LogP contribution in [0.2, 0.25) is 5.02 Å². The maximum atomic E-state index is 13.8. The molecule has 8 heteroatoms. The maximum Gasteiger partial charge on any atom is 0.271 e. The molecule has 0 aliphatic carbocycles. The van der Waals surface area contributed by atoms with E-state index in [4.69, 9.17) is 21.1 Å². The van der Waals surface area contributed by atoms with Crippen LogP contribution < -0.4 is 14.9 Å². The number of benzene rings is 2. The number of pyridine rings is 1. The zero-order chi connectivity index (χ0) is 21.3. The lowest BCUT2D eigenvalue weighted by atomic mass is 10.2. The van der Waals surface area contributed by atoms with Crippen molar-refractivity contribution >= 4 is 23.7 Å². The second kappa shape index (κ2) is 10.4. The molecule has 1 amide bonds. The first kappa shape index (κ1) is 21.3. The number of aromatic nitrogens is 1. The summed E-state index contributed by atoms with van der Waals surface area (Å²) in [6, 6.07) is 12.8. The topological polar surface area (TPSA) is 72.8 Å². The predicted molar refractivity (Wildman–Crippen MR) is 113 cm³/mol. The molecule has 1 aromatic heterocycles. The van der Waals surface area contributed by atoms with Gasteiger partial charge in [-0.1, -0.05) is 29.8 Å². The van der Waals surface area contributed by atoms with Crippen molar-refractivity contribution in [2.45, 2.75) is 13.5 Å². The molecule has 1 heterocycles. The molecule has 0 unspecified atom stereocenters. The molecular formula is C22H19ClFN3O3. The largest absolute Gasteiger partial charge is 0.490 e. The fourth-order valence-electron chi connectivity index (χ4n) is 2.56. The summed E-state index contributed by atoms with van der Waals surface area (Å²) in [5.41, 5.74) is 3.87. The number of amides is 1. The van der Waals surface area contributed by atoms with Gasteiger partial charge in [-0.05, 0) is 42.8 Å². The first-order valence-corrected chi connectivity index (χ1v) is 9.52. The molecule has 0 saturated carbocycles. The first-order valence-electron chi connectivity index (χ1n) is 9.14. The minimum atomic E-state index is -0.366. The van der Waals surface area contributed by atoms with E-state index in [1.807, 2.05) is 6.92 Å². The van der Waals surface area contributed by atoms with E-state index in [-0.39, 0.29) is 23.4 Å². The van der Waals surface area contributed by atoms with Crippen molar-refractivity contribution in [1.29, 1.82) is 0 Å². The van der Waals surface area contributed by atoms with E-state index in [2.05, 4.69) is 15.5 Å². The fraction of sp³-hybridized carbons (Fsp3) is 0.136. The summed E-state index contributed by atoms with van der Waals surface area (Å²) in [6.07, 6.45) is 4.48. The Bertz CT molecular complexity index is 1050. The van der Waals surface area contributed by atoms with Crippen LogP contribution in [0.4, 0.5) is 4.39 Å². The van der Waals surface area contributed by atoms with Gasteiger partial charge in [0.05, 0.1) is 17.8 Å². The molecule has 0 radical (unpaired) electrons. The summed E-state index contributed by atoms with van der Waals surface area (Å²) in [7, 11) is 0. The second-order valence-corrected chi connectivity index (χ2v) is 6.49. The summed E-state index contributed by atoms with van der Waals surface area (Å²) in [5.74, 6) is -0.0297. The van der Waals surface area contributed by atoms with Crippen molar-refractivity contribution in [3.8, 4) is 11.5 Å². The van der Waals surface area contributed by atoms with Crippen LogP contribution in [0, 0.1) is 5.82 Å². The number of hydrogen-bond acceptors (Lipinski definition) is 5. The van der Waals surface area contributed by atoms with Gasteiger partial charge in [-0.3, -0.25) is 9.78 Å². The lowest BCUT2D eigenvalue weighted by molar-refractivity contribution is 0.0955. The van der Waals surface area contributed by atoms with Gasteiger partial charge in [0.1, 0.15) is 12.4 Å². The lowest BCUT2D eigenvalue weighted by Crippen LogP contribution is -2.17. The van der Waals surface area contributed by atoms with Crippen molar-refractivity contribution in [2.75, 3.05) is 6.61 Å². The third-order valence-corrected chi connectivity index (χ3v) is 4.26. The van der Waals surface area contributed by atoms with E-state index >= 15 is 0 Å². The zero-order valence-corrected chi connectivity index (χ0v) is 16.9. The molecule has 30 heavy (non-hydrogen) atoms. The molecule has 0 fully saturated rings. The molecule has 0 aliphatic heterocycles. The van der Waals surface area contributed by atoms with Crippen LogP contribution in [-0.4, -0.2) is 23.7 Å². The Kier molecular flexibility index (Phi) is 7.34. The van der Waals surface area contributed by atoms with E-state index in [0.717, 1.165) is 0 Å². The molecule has 6 nitrogen and oxygen atoms in total. The number of hydrazone groups is 1. The number of carbonyl (C=O) groups is 1. The Morgan fingerprint density at radius 2 is 1.97 bits per heavy atom. The number of nitrogens with zero attached hydrogens (tertiary/aromatic N) is 2. The van der Waals surface area contributed by atoms with Gasteiger partial charge in [-0.15, -0.1) is 0 Å². The smallest absolute Gasteiger partial charge is 0.271 e. The molecule has 1 N–H and O–H groups in total. The maximum absolute atomic E-state index is 13.8. The number of nitrogens with one attached hydrogen (secondary N) is 1. The van der Waals surface area contributed by atoms with Crippen molar-refractivity contribution in [1.82, 2.24) is 10.4 Å². The third-order valence-electron chi connectivity index (χ3n) is 3.98. The summed E-state index contributed by atoms with van der Waals surface area (Å²) < 4.78 is 25.2. The van der Waals surface area contributed by atoms with Crippen LogP contribution in [-0.2, 0) is 6.61 Å².